The molecule has 0 aromatic heterocycles. The molecule has 2 unspecified atom stereocenters. The Bertz CT molecular complexity index is 354. The number of ether oxygens (including phenoxy) is 2. The Hall–Kier alpha value is -0.900. The highest BCUT2D eigenvalue weighted by atomic mass is 16.5. The van der Waals surface area contributed by atoms with Crippen molar-refractivity contribution in [1.82, 2.24) is 5.32 Å². The molecule has 0 saturated carbocycles. The van der Waals surface area contributed by atoms with E-state index in [2.05, 4.69) is 43.4 Å². The van der Waals surface area contributed by atoms with Gasteiger partial charge in [-0.3, -0.25) is 0 Å². The van der Waals surface area contributed by atoms with Gasteiger partial charge < -0.3 is 14.8 Å². The monoisotopic (exact) mass is 265 g/mol. The Labute approximate surface area is 117 Å². The Morgan fingerprint density at radius 2 is 2.00 bits per heavy atom. The third kappa shape index (κ3) is 5.72. The van der Waals surface area contributed by atoms with Gasteiger partial charge in [-0.1, -0.05) is 36.8 Å². The molecule has 19 heavy (non-hydrogen) atoms. The van der Waals surface area contributed by atoms with Crippen LogP contribution in [0.1, 0.15) is 24.0 Å². The molecule has 0 aliphatic heterocycles. The van der Waals surface area contributed by atoms with E-state index in [9.17, 15) is 0 Å². The fourth-order valence-corrected chi connectivity index (χ4v) is 2.36. The molecule has 1 aromatic rings. The summed E-state index contributed by atoms with van der Waals surface area (Å²) in [6.07, 6.45) is 0. The lowest BCUT2D eigenvalue weighted by Gasteiger charge is -2.25. The van der Waals surface area contributed by atoms with Crippen LogP contribution in [0.4, 0.5) is 0 Å². The zero-order valence-electron chi connectivity index (χ0n) is 12.6. The average molecular weight is 265 g/mol. The van der Waals surface area contributed by atoms with Crippen LogP contribution in [-0.4, -0.2) is 40.5 Å². The molecule has 2 atom stereocenters. The summed E-state index contributed by atoms with van der Waals surface area (Å²) in [6.45, 7) is 7.76. The minimum absolute atomic E-state index is 0.469. The number of methoxy groups -OCH3 is 2. The third-order valence-corrected chi connectivity index (χ3v) is 3.43. The lowest BCUT2D eigenvalue weighted by Crippen LogP contribution is -2.29. The fraction of sp³-hybridized carbons (Fsp3) is 0.625. The molecule has 1 aromatic carbocycles. The normalized spacial score (nSPS) is 14.3. The zero-order chi connectivity index (χ0) is 14.1. The molecule has 0 amide bonds. The van der Waals surface area contributed by atoms with Crippen LogP contribution in [0.25, 0.3) is 0 Å². The topological polar surface area (TPSA) is 30.5 Å². The Morgan fingerprint density at radius 3 is 2.63 bits per heavy atom. The van der Waals surface area contributed by atoms with Crippen molar-refractivity contribution in [2.24, 2.45) is 5.92 Å². The molecule has 0 heterocycles. The number of hydrogen-bond acceptors (Lipinski definition) is 3. The van der Waals surface area contributed by atoms with E-state index in [1.807, 2.05) is 0 Å². The first-order valence-electron chi connectivity index (χ1n) is 6.94. The Kier molecular flexibility index (Phi) is 7.72. The molecule has 3 nitrogen and oxygen atoms in total. The SMILES string of the molecule is COCCNCC(c1cccc(C)c1)C(C)COC. The van der Waals surface area contributed by atoms with Crippen LogP contribution in [0.15, 0.2) is 24.3 Å². The Balaban J connectivity index is 2.68. The van der Waals surface area contributed by atoms with Gasteiger partial charge in [-0.15, -0.1) is 0 Å². The van der Waals surface area contributed by atoms with Crippen molar-refractivity contribution in [3.8, 4) is 0 Å². The molecule has 0 aliphatic rings. The summed E-state index contributed by atoms with van der Waals surface area (Å²) in [5, 5.41) is 3.46. The summed E-state index contributed by atoms with van der Waals surface area (Å²) < 4.78 is 10.4. The first kappa shape index (κ1) is 16.2. The molecule has 108 valence electrons. The standard InChI is InChI=1S/C16H27NO2/c1-13-6-5-7-15(10-13)16(14(2)12-19-4)11-17-8-9-18-3/h5-7,10,14,16-17H,8-9,11-12H2,1-4H3. The first-order valence-corrected chi connectivity index (χ1v) is 6.94. The molecular weight excluding hydrogens is 238 g/mol. The van der Waals surface area contributed by atoms with Crippen molar-refractivity contribution in [1.29, 1.82) is 0 Å². The van der Waals surface area contributed by atoms with Crippen LogP contribution < -0.4 is 5.32 Å². The van der Waals surface area contributed by atoms with Crippen molar-refractivity contribution >= 4 is 0 Å². The lowest BCUT2D eigenvalue weighted by molar-refractivity contribution is 0.144. The van der Waals surface area contributed by atoms with Gasteiger partial charge in [-0.25, -0.2) is 0 Å². The summed E-state index contributed by atoms with van der Waals surface area (Å²) in [5.41, 5.74) is 2.69. The molecule has 0 aliphatic carbocycles. The van der Waals surface area contributed by atoms with Crippen LogP contribution >= 0.6 is 0 Å². The predicted molar refractivity (Wildman–Crippen MR) is 79.7 cm³/mol. The van der Waals surface area contributed by atoms with Crippen molar-refractivity contribution in [2.75, 3.05) is 40.5 Å². The maximum Gasteiger partial charge on any atom is 0.0587 e. The van der Waals surface area contributed by atoms with Gasteiger partial charge >= 0.3 is 0 Å². The second-order valence-corrected chi connectivity index (χ2v) is 5.15. The molecule has 1 N–H and O–H groups in total. The highest BCUT2D eigenvalue weighted by Crippen LogP contribution is 2.25. The summed E-state index contributed by atoms with van der Waals surface area (Å²) in [6, 6.07) is 8.75. The maximum atomic E-state index is 5.31. The summed E-state index contributed by atoms with van der Waals surface area (Å²) in [4.78, 5) is 0. The van der Waals surface area contributed by atoms with Crippen molar-refractivity contribution in [2.45, 2.75) is 19.8 Å². The number of benzene rings is 1. The third-order valence-electron chi connectivity index (χ3n) is 3.43. The highest BCUT2D eigenvalue weighted by Gasteiger charge is 2.19. The van der Waals surface area contributed by atoms with E-state index >= 15 is 0 Å². The van der Waals surface area contributed by atoms with Gasteiger partial charge in [0.25, 0.3) is 0 Å². The molecule has 0 spiro atoms. The minimum Gasteiger partial charge on any atom is -0.384 e. The molecule has 3 heteroatoms. The lowest BCUT2D eigenvalue weighted by atomic mass is 9.87. The molecular formula is C16H27NO2. The van der Waals surface area contributed by atoms with Crippen LogP contribution in [0.2, 0.25) is 0 Å². The van der Waals surface area contributed by atoms with Gasteiger partial charge in [0.15, 0.2) is 0 Å². The smallest absolute Gasteiger partial charge is 0.0587 e. The maximum absolute atomic E-state index is 5.31. The predicted octanol–water partition coefficient (Wildman–Crippen LogP) is 2.60. The number of rotatable bonds is 9. The second-order valence-electron chi connectivity index (χ2n) is 5.15. The first-order chi connectivity index (χ1) is 9.19. The summed E-state index contributed by atoms with van der Waals surface area (Å²) >= 11 is 0. The van der Waals surface area contributed by atoms with Gasteiger partial charge in [-0.05, 0) is 18.4 Å². The number of hydrogen-bond donors (Lipinski definition) is 1. The van der Waals surface area contributed by atoms with Crippen molar-refractivity contribution in [3.63, 3.8) is 0 Å². The van der Waals surface area contributed by atoms with Crippen molar-refractivity contribution in [3.05, 3.63) is 35.4 Å². The molecule has 0 bridgehead atoms. The number of nitrogens with one attached hydrogen (secondary N) is 1. The number of aryl methyl sites for hydroxylation is 1. The molecule has 0 fully saturated rings. The van der Waals surface area contributed by atoms with Gasteiger partial charge in [0.05, 0.1) is 6.61 Å². The molecule has 1 rings (SSSR count). The van der Waals surface area contributed by atoms with Crippen LogP contribution in [0.5, 0.6) is 0 Å². The minimum atomic E-state index is 0.469. The quantitative estimate of drug-likeness (QED) is 0.696. The van der Waals surface area contributed by atoms with E-state index < -0.39 is 0 Å². The molecule has 0 radical (unpaired) electrons. The van der Waals surface area contributed by atoms with Gasteiger partial charge in [0.2, 0.25) is 0 Å². The average Bonchev–Trinajstić information content (AvgIpc) is 2.39. The second kappa shape index (κ2) is 9.08. The fourth-order valence-electron chi connectivity index (χ4n) is 2.36. The van der Waals surface area contributed by atoms with E-state index in [1.54, 1.807) is 14.2 Å². The highest BCUT2D eigenvalue weighted by molar-refractivity contribution is 5.26. The Morgan fingerprint density at radius 1 is 1.21 bits per heavy atom. The van der Waals surface area contributed by atoms with E-state index in [4.69, 9.17) is 9.47 Å². The summed E-state index contributed by atoms with van der Waals surface area (Å²) in [7, 11) is 3.50. The molecule has 0 saturated heterocycles. The largest absolute Gasteiger partial charge is 0.384 e. The van der Waals surface area contributed by atoms with E-state index in [0.29, 0.717) is 11.8 Å². The van der Waals surface area contributed by atoms with Crippen LogP contribution in [-0.2, 0) is 9.47 Å². The van der Waals surface area contributed by atoms with Crippen molar-refractivity contribution < 1.29 is 9.47 Å². The van der Waals surface area contributed by atoms with Crippen LogP contribution in [0, 0.1) is 12.8 Å². The zero-order valence-corrected chi connectivity index (χ0v) is 12.6. The summed E-state index contributed by atoms with van der Waals surface area (Å²) in [5.74, 6) is 0.957. The van der Waals surface area contributed by atoms with E-state index in [-0.39, 0.29) is 0 Å². The van der Waals surface area contributed by atoms with Gasteiger partial charge in [-0.2, -0.15) is 0 Å². The van der Waals surface area contributed by atoms with Gasteiger partial charge in [0, 0.05) is 39.8 Å². The van der Waals surface area contributed by atoms with Gasteiger partial charge in [0.1, 0.15) is 0 Å². The van der Waals surface area contributed by atoms with E-state index in [1.165, 1.54) is 11.1 Å². The van der Waals surface area contributed by atoms with Crippen LogP contribution in [0.3, 0.4) is 0 Å². The van der Waals surface area contributed by atoms with E-state index in [0.717, 1.165) is 26.3 Å².